The number of rotatable bonds is 3. The normalized spacial score (nSPS) is 12.5. The topological polar surface area (TPSA) is 37.3 Å². The van der Waals surface area contributed by atoms with Gasteiger partial charge in [0.25, 0.3) is 0 Å². The third kappa shape index (κ3) is 2.29. The van der Waals surface area contributed by atoms with Crippen LogP contribution in [0.3, 0.4) is 0 Å². The van der Waals surface area contributed by atoms with Gasteiger partial charge in [0.2, 0.25) is 0 Å². The smallest absolute Gasteiger partial charge is 0.169 e. The van der Waals surface area contributed by atoms with E-state index in [1.54, 1.807) is 31.2 Å². The van der Waals surface area contributed by atoms with Crippen LogP contribution >= 0.6 is 11.6 Å². The second-order valence-corrected chi connectivity index (χ2v) is 3.33. The average Bonchev–Trinajstić information content (AvgIpc) is 2.16. The van der Waals surface area contributed by atoms with Crippen molar-refractivity contribution in [2.45, 2.75) is 6.92 Å². The van der Waals surface area contributed by atoms with E-state index in [0.717, 1.165) is 0 Å². The highest BCUT2D eigenvalue weighted by molar-refractivity contribution is 6.34. The molecule has 0 radical (unpaired) electrons. The lowest BCUT2D eigenvalue weighted by atomic mass is 10.0. The van der Waals surface area contributed by atoms with E-state index >= 15 is 0 Å². The number of Topliss-reactive ketones (excluding diaryl/α,β-unsaturated/α-hetero) is 1. The Morgan fingerprint density at radius 2 is 2.15 bits per heavy atom. The minimum Gasteiger partial charge on any atom is -0.396 e. The molecule has 0 spiro atoms. The quantitative estimate of drug-likeness (QED) is 0.756. The Labute approximate surface area is 82.2 Å². The molecule has 0 fully saturated rings. The zero-order valence-electron chi connectivity index (χ0n) is 7.33. The summed E-state index contributed by atoms with van der Waals surface area (Å²) >= 11 is 5.82. The molecule has 13 heavy (non-hydrogen) atoms. The predicted octanol–water partition coefficient (Wildman–Crippen LogP) is 2.15. The van der Waals surface area contributed by atoms with Crippen LogP contribution in [0.15, 0.2) is 24.3 Å². The van der Waals surface area contributed by atoms with Gasteiger partial charge in [0, 0.05) is 11.5 Å². The molecule has 0 amide bonds. The van der Waals surface area contributed by atoms with Crippen LogP contribution in [0, 0.1) is 5.92 Å². The van der Waals surface area contributed by atoms with Gasteiger partial charge in [-0.05, 0) is 12.1 Å². The van der Waals surface area contributed by atoms with Gasteiger partial charge in [-0.2, -0.15) is 0 Å². The van der Waals surface area contributed by atoms with E-state index < -0.39 is 0 Å². The monoisotopic (exact) mass is 198 g/mol. The zero-order chi connectivity index (χ0) is 9.84. The van der Waals surface area contributed by atoms with Gasteiger partial charge in [0.1, 0.15) is 0 Å². The van der Waals surface area contributed by atoms with Crippen LogP contribution < -0.4 is 0 Å². The van der Waals surface area contributed by atoms with E-state index in [4.69, 9.17) is 16.7 Å². The van der Waals surface area contributed by atoms with E-state index in [0.29, 0.717) is 10.6 Å². The molecule has 1 N–H and O–H groups in total. The maximum absolute atomic E-state index is 11.6. The molecule has 0 aliphatic heterocycles. The molecular formula is C10H11ClO2. The minimum atomic E-state index is -0.389. The number of hydrogen-bond acceptors (Lipinski definition) is 2. The first-order chi connectivity index (χ1) is 6.16. The SMILES string of the molecule is CC(CO)C(=O)c1ccccc1Cl. The van der Waals surface area contributed by atoms with Crippen LogP contribution in [0.4, 0.5) is 0 Å². The first-order valence-electron chi connectivity index (χ1n) is 4.06. The molecule has 2 nitrogen and oxygen atoms in total. The fourth-order valence-electron chi connectivity index (χ4n) is 1.01. The number of aliphatic hydroxyl groups is 1. The Hall–Kier alpha value is -0.860. The fraction of sp³-hybridized carbons (Fsp3) is 0.300. The number of benzene rings is 1. The van der Waals surface area contributed by atoms with E-state index in [-0.39, 0.29) is 18.3 Å². The van der Waals surface area contributed by atoms with Crippen LogP contribution in [0.25, 0.3) is 0 Å². The van der Waals surface area contributed by atoms with Crippen LogP contribution in [-0.4, -0.2) is 17.5 Å². The zero-order valence-corrected chi connectivity index (χ0v) is 8.08. The Bertz CT molecular complexity index is 310. The predicted molar refractivity (Wildman–Crippen MR) is 52.0 cm³/mol. The Kier molecular flexibility index (Phi) is 3.46. The molecule has 1 atom stereocenters. The standard InChI is InChI=1S/C10H11ClO2/c1-7(6-12)10(13)8-4-2-3-5-9(8)11/h2-5,7,12H,6H2,1H3. The largest absolute Gasteiger partial charge is 0.396 e. The summed E-state index contributed by atoms with van der Waals surface area (Å²) in [5.41, 5.74) is 0.478. The maximum atomic E-state index is 11.6. The Balaban J connectivity index is 2.95. The summed E-state index contributed by atoms with van der Waals surface area (Å²) in [4.78, 5) is 11.6. The Morgan fingerprint density at radius 3 is 2.69 bits per heavy atom. The lowest BCUT2D eigenvalue weighted by Crippen LogP contribution is -2.15. The summed E-state index contributed by atoms with van der Waals surface area (Å²) < 4.78 is 0. The number of carbonyl (C=O) groups is 1. The molecule has 1 aromatic carbocycles. The number of halogens is 1. The van der Waals surface area contributed by atoms with Gasteiger partial charge in [0.05, 0.1) is 11.6 Å². The summed E-state index contributed by atoms with van der Waals surface area (Å²) in [6.07, 6.45) is 0. The third-order valence-corrected chi connectivity index (χ3v) is 2.19. The van der Waals surface area contributed by atoms with E-state index in [1.165, 1.54) is 0 Å². The first-order valence-corrected chi connectivity index (χ1v) is 4.44. The highest BCUT2D eigenvalue weighted by atomic mass is 35.5. The molecule has 1 aromatic rings. The van der Waals surface area contributed by atoms with Gasteiger partial charge in [-0.25, -0.2) is 0 Å². The van der Waals surface area contributed by atoms with Crippen molar-refractivity contribution in [3.63, 3.8) is 0 Å². The van der Waals surface area contributed by atoms with Crippen molar-refractivity contribution < 1.29 is 9.90 Å². The van der Waals surface area contributed by atoms with Crippen LogP contribution in [0.1, 0.15) is 17.3 Å². The molecule has 0 aliphatic carbocycles. The van der Waals surface area contributed by atoms with Crippen molar-refractivity contribution in [3.05, 3.63) is 34.9 Å². The van der Waals surface area contributed by atoms with Crippen LogP contribution in [0.2, 0.25) is 5.02 Å². The molecule has 0 saturated heterocycles. The van der Waals surface area contributed by atoms with Gasteiger partial charge in [-0.1, -0.05) is 30.7 Å². The highest BCUT2D eigenvalue weighted by Gasteiger charge is 2.15. The molecule has 0 saturated carbocycles. The molecule has 3 heteroatoms. The van der Waals surface area contributed by atoms with Crippen molar-refractivity contribution in [2.24, 2.45) is 5.92 Å². The highest BCUT2D eigenvalue weighted by Crippen LogP contribution is 2.18. The van der Waals surface area contributed by atoms with Crippen molar-refractivity contribution in [1.29, 1.82) is 0 Å². The maximum Gasteiger partial charge on any atom is 0.169 e. The lowest BCUT2D eigenvalue weighted by molar-refractivity contribution is 0.0878. The van der Waals surface area contributed by atoms with Crippen molar-refractivity contribution >= 4 is 17.4 Å². The van der Waals surface area contributed by atoms with Gasteiger partial charge < -0.3 is 5.11 Å². The van der Waals surface area contributed by atoms with Gasteiger partial charge in [0.15, 0.2) is 5.78 Å². The Morgan fingerprint density at radius 1 is 1.54 bits per heavy atom. The van der Waals surface area contributed by atoms with Gasteiger partial charge in [-0.15, -0.1) is 0 Å². The minimum absolute atomic E-state index is 0.117. The molecule has 1 rings (SSSR count). The second kappa shape index (κ2) is 4.40. The molecule has 0 aromatic heterocycles. The number of hydrogen-bond donors (Lipinski definition) is 1. The molecule has 70 valence electrons. The van der Waals surface area contributed by atoms with Crippen LogP contribution in [0.5, 0.6) is 0 Å². The van der Waals surface area contributed by atoms with Crippen LogP contribution in [-0.2, 0) is 0 Å². The molecule has 0 heterocycles. The lowest BCUT2D eigenvalue weighted by Gasteiger charge is -2.07. The average molecular weight is 199 g/mol. The van der Waals surface area contributed by atoms with Crippen molar-refractivity contribution in [3.8, 4) is 0 Å². The second-order valence-electron chi connectivity index (χ2n) is 2.93. The molecule has 0 aliphatic rings. The number of ketones is 1. The summed E-state index contributed by atoms with van der Waals surface area (Å²) in [5.74, 6) is -0.506. The van der Waals surface area contributed by atoms with E-state index in [2.05, 4.69) is 0 Å². The number of carbonyl (C=O) groups excluding carboxylic acids is 1. The number of aliphatic hydroxyl groups excluding tert-OH is 1. The molecular weight excluding hydrogens is 188 g/mol. The van der Waals surface area contributed by atoms with Crippen molar-refractivity contribution in [1.82, 2.24) is 0 Å². The van der Waals surface area contributed by atoms with Gasteiger partial charge >= 0.3 is 0 Å². The summed E-state index contributed by atoms with van der Waals surface area (Å²) in [6, 6.07) is 6.85. The van der Waals surface area contributed by atoms with Gasteiger partial charge in [-0.3, -0.25) is 4.79 Å². The first kappa shape index (κ1) is 10.2. The molecule has 1 unspecified atom stereocenters. The summed E-state index contributed by atoms with van der Waals surface area (Å²) in [6.45, 7) is 1.52. The van der Waals surface area contributed by atoms with E-state index in [1.807, 2.05) is 0 Å². The fourth-order valence-corrected chi connectivity index (χ4v) is 1.24. The van der Waals surface area contributed by atoms with Crippen molar-refractivity contribution in [2.75, 3.05) is 6.61 Å². The summed E-state index contributed by atoms with van der Waals surface area (Å²) in [7, 11) is 0. The summed E-state index contributed by atoms with van der Waals surface area (Å²) in [5, 5.41) is 9.23. The van der Waals surface area contributed by atoms with E-state index in [9.17, 15) is 4.79 Å². The molecule has 0 bridgehead atoms. The third-order valence-electron chi connectivity index (χ3n) is 1.86.